The summed E-state index contributed by atoms with van der Waals surface area (Å²) in [5.41, 5.74) is 9.82. The van der Waals surface area contributed by atoms with E-state index >= 15 is 0 Å². The Morgan fingerprint density at radius 2 is 1.94 bits per heavy atom. The quantitative estimate of drug-likeness (QED) is 0.927. The van der Waals surface area contributed by atoms with Gasteiger partial charge in [-0.2, -0.15) is 5.10 Å². The molecular weight excluding hydrogens is 294 g/mol. The highest BCUT2D eigenvalue weighted by atomic mass is 79.9. The maximum Gasteiger partial charge on any atom is 0.132 e. The van der Waals surface area contributed by atoms with Crippen LogP contribution in [0.1, 0.15) is 11.1 Å². The summed E-state index contributed by atoms with van der Waals surface area (Å²) in [6.07, 6.45) is 0. The molecule has 0 unspecified atom stereocenters. The van der Waals surface area contributed by atoms with Crippen LogP contribution in [0.2, 0.25) is 0 Å². The standard InChI is InChI=1S/C13H16BrN3O/c1-7-5-8(2)13(18-4)11(12(7)14)9-6-10(15)17(3)16-9/h5-6H,15H2,1-4H3. The molecule has 0 amide bonds. The highest BCUT2D eigenvalue weighted by Gasteiger charge is 2.18. The van der Waals surface area contributed by atoms with Crippen molar-refractivity contribution in [3.63, 3.8) is 0 Å². The lowest BCUT2D eigenvalue weighted by Crippen LogP contribution is -1.98. The molecule has 0 fully saturated rings. The average molecular weight is 310 g/mol. The summed E-state index contributed by atoms with van der Waals surface area (Å²) >= 11 is 3.61. The zero-order chi connectivity index (χ0) is 13.4. The minimum absolute atomic E-state index is 0.623. The first-order valence-electron chi connectivity index (χ1n) is 5.59. The predicted molar refractivity (Wildman–Crippen MR) is 76.8 cm³/mol. The van der Waals surface area contributed by atoms with Gasteiger partial charge in [-0.15, -0.1) is 0 Å². The topological polar surface area (TPSA) is 53.1 Å². The van der Waals surface area contributed by atoms with Crippen LogP contribution in [0.3, 0.4) is 0 Å². The number of methoxy groups -OCH3 is 1. The second kappa shape index (κ2) is 4.65. The normalized spacial score (nSPS) is 10.7. The van der Waals surface area contributed by atoms with Gasteiger partial charge in [-0.25, -0.2) is 0 Å². The summed E-state index contributed by atoms with van der Waals surface area (Å²) in [4.78, 5) is 0. The van der Waals surface area contributed by atoms with Crippen LogP contribution in [0, 0.1) is 13.8 Å². The number of benzene rings is 1. The summed E-state index contributed by atoms with van der Waals surface area (Å²) in [6, 6.07) is 3.93. The van der Waals surface area contributed by atoms with E-state index in [1.165, 1.54) is 0 Å². The van der Waals surface area contributed by atoms with Gasteiger partial charge in [0.25, 0.3) is 0 Å². The summed E-state index contributed by atoms with van der Waals surface area (Å²) in [5, 5.41) is 4.41. The van der Waals surface area contributed by atoms with Gasteiger partial charge < -0.3 is 10.5 Å². The summed E-state index contributed by atoms with van der Waals surface area (Å²) < 4.78 is 8.14. The Labute approximate surface area is 115 Å². The Bertz CT molecular complexity index is 585. The molecule has 0 aliphatic rings. The molecule has 0 saturated heterocycles. The zero-order valence-electron chi connectivity index (χ0n) is 10.9. The number of nitrogens with zero attached hydrogens (tertiary/aromatic N) is 2. The second-order valence-corrected chi connectivity index (χ2v) is 5.10. The first-order valence-corrected chi connectivity index (χ1v) is 6.38. The van der Waals surface area contributed by atoms with Gasteiger partial charge in [0.05, 0.1) is 18.4 Å². The number of nitrogens with two attached hydrogens (primary N) is 1. The Morgan fingerprint density at radius 1 is 1.28 bits per heavy atom. The van der Waals surface area contributed by atoms with Crippen molar-refractivity contribution in [2.24, 2.45) is 7.05 Å². The molecule has 0 saturated carbocycles. The molecule has 5 heteroatoms. The Hall–Kier alpha value is -1.49. The molecule has 0 atom stereocenters. The molecule has 96 valence electrons. The lowest BCUT2D eigenvalue weighted by atomic mass is 10.0. The maximum absolute atomic E-state index is 5.84. The van der Waals surface area contributed by atoms with E-state index in [4.69, 9.17) is 10.5 Å². The van der Waals surface area contributed by atoms with Crippen LogP contribution < -0.4 is 10.5 Å². The van der Waals surface area contributed by atoms with Crippen LogP contribution in [0.15, 0.2) is 16.6 Å². The van der Waals surface area contributed by atoms with E-state index in [9.17, 15) is 0 Å². The molecule has 1 aromatic heterocycles. The Kier molecular flexibility index (Phi) is 3.34. The van der Waals surface area contributed by atoms with Crippen molar-refractivity contribution in [1.29, 1.82) is 0 Å². The number of aromatic nitrogens is 2. The van der Waals surface area contributed by atoms with Gasteiger partial charge in [-0.1, -0.05) is 6.07 Å². The van der Waals surface area contributed by atoms with E-state index in [1.807, 2.05) is 27.0 Å². The molecule has 0 aliphatic heterocycles. The molecule has 1 aromatic carbocycles. The third-order valence-corrected chi connectivity index (χ3v) is 3.98. The largest absolute Gasteiger partial charge is 0.496 e. The van der Waals surface area contributed by atoms with Gasteiger partial charge in [-0.05, 0) is 40.9 Å². The van der Waals surface area contributed by atoms with Crippen LogP contribution >= 0.6 is 15.9 Å². The van der Waals surface area contributed by atoms with Crippen LogP contribution in [0.5, 0.6) is 5.75 Å². The smallest absolute Gasteiger partial charge is 0.132 e. The highest BCUT2D eigenvalue weighted by Crippen LogP contribution is 2.40. The van der Waals surface area contributed by atoms with Crippen molar-refractivity contribution in [2.75, 3.05) is 12.8 Å². The minimum atomic E-state index is 0.623. The van der Waals surface area contributed by atoms with Gasteiger partial charge in [0.15, 0.2) is 0 Å². The first kappa shape index (κ1) is 13.0. The number of anilines is 1. The second-order valence-electron chi connectivity index (χ2n) is 4.31. The van der Waals surface area contributed by atoms with Crippen molar-refractivity contribution < 1.29 is 4.74 Å². The Morgan fingerprint density at radius 3 is 2.44 bits per heavy atom. The van der Waals surface area contributed by atoms with Gasteiger partial charge in [0.2, 0.25) is 0 Å². The number of hydrogen-bond acceptors (Lipinski definition) is 3. The SMILES string of the molecule is COc1c(C)cc(C)c(Br)c1-c1cc(N)n(C)n1. The third-order valence-electron chi connectivity index (χ3n) is 2.96. The fraction of sp³-hybridized carbons (Fsp3) is 0.308. The van der Waals surface area contributed by atoms with Crippen LogP contribution in [0.4, 0.5) is 5.82 Å². The minimum Gasteiger partial charge on any atom is -0.496 e. The highest BCUT2D eigenvalue weighted by molar-refractivity contribution is 9.10. The zero-order valence-corrected chi connectivity index (χ0v) is 12.5. The van der Waals surface area contributed by atoms with Crippen molar-refractivity contribution >= 4 is 21.7 Å². The van der Waals surface area contributed by atoms with Gasteiger partial charge >= 0.3 is 0 Å². The van der Waals surface area contributed by atoms with E-state index < -0.39 is 0 Å². The molecule has 4 nitrogen and oxygen atoms in total. The number of nitrogen functional groups attached to an aromatic ring is 1. The first-order chi connectivity index (χ1) is 8.45. The molecule has 2 aromatic rings. The molecule has 0 bridgehead atoms. The fourth-order valence-corrected chi connectivity index (χ4v) is 2.54. The monoisotopic (exact) mass is 309 g/mol. The van der Waals surface area contributed by atoms with Crippen LogP contribution in [-0.4, -0.2) is 16.9 Å². The number of rotatable bonds is 2. The van der Waals surface area contributed by atoms with Gasteiger partial charge in [-0.3, -0.25) is 4.68 Å². The van der Waals surface area contributed by atoms with Crippen LogP contribution in [0.25, 0.3) is 11.3 Å². The van der Waals surface area contributed by atoms with E-state index in [0.717, 1.165) is 32.6 Å². The summed E-state index contributed by atoms with van der Waals surface area (Å²) in [6.45, 7) is 4.07. The lowest BCUT2D eigenvalue weighted by Gasteiger charge is -2.14. The van der Waals surface area contributed by atoms with E-state index in [-0.39, 0.29) is 0 Å². The third kappa shape index (κ3) is 1.99. The van der Waals surface area contributed by atoms with Gasteiger partial charge in [0, 0.05) is 17.6 Å². The Balaban J connectivity index is 2.76. The maximum atomic E-state index is 5.84. The fourth-order valence-electron chi connectivity index (χ4n) is 2.04. The average Bonchev–Trinajstić information content (AvgIpc) is 2.63. The molecule has 0 radical (unpaired) electrons. The molecule has 2 rings (SSSR count). The molecule has 1 heterocycles. The number of aryl methyl sites for hydroxylation is 3. The molecule has 0 aliphatic carbocycles. The van der Waals surface area contributed by atoms with Crippen molar-refractivity contribution in [2.45, 2.75) is 13.8 Å². The van der Waals surface area contributed by atoms with E-state index in [1.54, 1.807) is 11.8 Å². The van der Waals surface area contributed by atoms with E-state index in [0.29, 0.717) is 5.82 Å². The van der Waals surface area contributed by atoms with Crippen molar-refractivity contribution in [3.05, 3.63) is 27.7 Å². The summed E-state index contributed by atoms with van der Waals surface area (Å²) in [5.74, 6) is 1.45. The number of halogens is 1. The number of ether oxygens (including phenoxy) is 1. The number of hydrogen-bond donors (Lipinski definition) is 1. The van der Waals surface area contributed by atoms with E-state index in [2.05, 4.69) is 27.1 Å². The van der Waals surface area contributed by atoms with Crippen molar-refractivity contribution in [3.8, 4) is 17.0 Å². The molecule has 2 N–H and O–H groups in total. The summed E-state index contributed by atoms with van der Waals surface area (Å²) in [7, 11) is 3.49. The predicted octanol–water partition coefficient (Wildman–Crippen LogP) is 3.06. The molecule has 0 spiro atoms. The van der Waals surface area contributed by atoms with Gasteiger partial charge in [0.1, 0.15) is 11.6 Å². The van der Waals surface area contributed by atoms with Crippen molar-refractivity contribution in [1.82, 2.24) is 9.78 Å². The molecular formula is C13H16BrN3O. The lowest BCUT2D eigenvalue weighted by molar-refractivity contribution is 0.413. The molecule has 18 heavy (non-hydrogen) atoms. The van der Waals surface area contributed by atoms with Crippen LogP contribution in [-0.2, 0) is 7.05 Å².